The summed E-state index contributed by atoms with van der Waals surface area (Å²) in [4.78, 5) is 2.68. The van der Waals surface area contributed by atoms with Gasteiger partial charge in [-0.05, 0) is 59.2 Å². The number of nitrogens with one attached hydrogen (secondary N) is 1. The molecule has 0 saturated carbocycles. The zero-order chi connectivity index (χ0) is 10.4. The van der Waals surface area contributed by atoms with Gasteiger partial charge in [0, 0.05) is 12.1 Å². The van der Waals surface area contributed by atoms with Gasteiger partial charge >= 0.3 is 0 Å². The highest BCUT2D eigenvalue weighted by atomic mass is 15.2. The summed E-state index contributed by atoms with van der Waals surface area (Å²) >= 11 is 0. The van der Waals surface area contributed by atoms with Crippen molar-refractivity contribution in [1.82, 2.24) is 10.2 Å². The fraction of sp³-hybridized carbons (Fsp3) is 1.00. The van der Waals surface area contributed by atoms with Crippen LogP contribution in [-0.4, -0.2) is 37.1 Å². The molecule has 1 N–H and O–H groups in total. The van der Waals surface area contributed by atoms with E-state index >= 15 is 0 Å². The Balaban J connectivity index is 2.11. The molecule has 1 aliphatic rings. The molecular weight excluding hydrogens is 172 g/mol. The van der Waals surface area contributed by atoms with Gasteiger partial charge in [0.2, 0.25) is 0 Å². The zero-order valence-electron chi connectivity index (χ0n) is 10.1. The van der Waals surface area contributed by atoms with E-state index in [4.69, 9.17) is 0 Å². The van der Waals surface area contributed by atoms with Crippen LogP contribution in [0.5, 0.6) is 0 Å². The highest BCUT2D eigenvalue weighted by Gasteiger charge is 2.21. The Morgan fingerprint density at radius 1 is 1.50 bits per heavy atom. The summed E-state index contributed by atoms with van der Waals surface area (Å²) in [5.74, 6) is 0. The average molecular weight is 198 g/mol. The van der Waals surface area contributed by atoms with Crippen LogP contribution in [0.2, 0.25) is 0 Å². The molecule has 1 fully saturated rings. The molecule has 2 atom stereocenters. The number of likely N-dealkylation sites (tertiary alicyclic amines) is 1. The Hall–Kier alpha value is -0.0800. The van der Waals surface area contributed by atoms with Crippen LogP contribution in [0.1, 0.15) is 46.0 Å². The molecule has 0 spiro atoms. The Morgan fingerprint density at radius 2 is 2.29 bits per heavy atom. The van der Waals surface area contributed by atoms with Gasteiger partial charge < -0.3 is 10.2 Å². The zero-order valence-corrected chi connectivity index (χ0v) is 10.1. The van der Waals surface area contributed by atoms with Crippen molar-refractivity contribution in [3.05, 3.63) is 0 Å². The summed E-state index contributed by atoms with van der Waals surface area (Å²) in [6.45, 7) is 7.23. The minimum Gasteiger partial charge on any atom is -0.317 e. The van der Waals surface area contributed by atoms with Crippen molar-refractivity contribution in [2.45, 2.75) is 58.0 Å². The number of nitrogens with zero attached hydrogens (tertiary/aromatic N) is 1. The smallest absolute Gasteiger partial charge is 0.00931 e. The molecule has 0 aromatic rings. The third-order valence-electron chi connectivity index (χ3n) is 3.55. The molecule has 1 rings (SSSR count). The molecule has 0 amide bonds. The fourth-order valence-corrected chi connectivity index (χ4v) is 2.40. The third-order valence-corrected chi connectivity index (χ3v) is 3.55. The molecule has 0 aliphatic carbocycles. The predicted molar refractivity (Wildman–Crippen MR) is 62.6 cm³/mol. The molecule has 84 valence electrons. The van der Waals surface area contributed by atoms with Gasteiger partial charge in [0.25, 0.3) is 0 Å². The van der Waals surface area contributed by atoms with Crippen LogP contribution in [-0.2, 0) is 0 Å². The summed E-state index contributed by atoms with van der Waals surface area (Å²) in [6.07, 6.45) is 6.84. The lowest BCUT2D eigenvalue weighted by atomic mass is 10.1. The van der Waals surface area contributed by atoms with E-state index in [0.29, 0.717) is 6.04 Å². The van der Waals surface area contributed by atoms with E-state index in [1.165, 1.54) is 45.2 Å². The first kappa shape index (κ1) is 12.0. The normalized spacial score (nSPS) is 25.5. The first-order valence-electron chi connectivity index (χ1n) is 6.19. The fourth-order valence-electron chi connectivity index (χ4n) is 2.40. The van der Waals surface area contributed by atoms with E-state index in [0.717, 1.165) is 6.04 Å². The highest BCUT2D eigenvalue weighted by Crippen LogP contribution is 2.20. The Morgan fingerprint density at radius 3 is 2.93 bits per heavy atom. The second-order valence-corrected chi connectivity index (χ2v) is 4.57. The van der Waals surface area contributed by atoms with Crippen molar-refractivity contribution in [3.8, 4) is 0 Å². The lowest BCUT2D eigenvalue weighted by molar-refractivity contribution is 0.240. The van der Waals surface area contributed by atoms with Crippen molar-refractivity contribution in [2.24, 2.45) is 0 Å². The van der Waals surface area contributed by atoms with E-state index in [2.05, 4.69) is 31.1 Å². The van der Waals surface area contributed by atoms with Crippen molar-refractivity contribution >= 4 is 0 Å². The lowest BCUT2D eigenvalue weighted by Crippen LogP contribution is -2.31. The van der Waals surface area contributed by atoms with Crippen LogP contribution in [0.15, 0.2) is 0 Å². The Bertz CT molecular complexity index is 147. The minimum atomic E-state index is 0.678. The maximum atomic E-state index is 3.30. The van der Waals surface area contributed by atoms with Gasteiger partial charge in [-0.2, -0.15) is 0 Å². The summed E-state index contributed by atoms with van der Waals surface area (Å²) in [7, 11) is 2.05. The largest absolute Gasteiger partial charge is 0.317 e. The van der Waals surface area contributed by atoms with Gasteiger partial charge in [-0.1, -0.05) is 6.92 Å². The van der Waals surface area contributed by atoms with Gasteiger partial charge in [-0.15, -0.1) is 0 Å². The Labute approximate surface area is 89.1 Å². The molecule has 2 unspecified atom stereocenters. The van der Waals surface area contributed by atoms with Crippen molar-refractivity contribution in [3.63, 3.8) is 0 Å². The van der Waals surface area contributed by atoms with E-state index in [1.54, 1.807) is 0 Å². The number of rotatable bonds is 6. The minimum absolute atomic E-state index is 0.678. The molecular formula is C12H26N2. The van der Waals surface area contributed by atoms with Crippen molar-refractivity contribution in [2.75, 3.05) is 20.1 Å². The van der Waals surface area contributed by atoms with Crippen molar-refractivity contribution in [1.29, 1.82) is 0 Å². The number of hydrogen-bond acceptors (Lipinski definition) is 2. The first-order chi connectivity index (χ1) is 6.77. The van der Waals surface area contributed by atoms with Crippen LogP contribution in [0.4, 0.5) is 0 Å². The van der Waals surface area contributed by atoms with E-state index in [9.17, 15) is 0 Å². The summed E-state index contributed by atoms with van der Waals surface area (Å²) < 4.78 is 0. The van der Waals surface area contributed by atoms with Gasteiger partial charge in [-0.3, -0.25) is 0 Å². The van der Waals surface area contributed by atoms with Gasteiger partial charge in [0.15, 0.2) is 0 Å². The van der Waals surface area contributed by atoms with E-state index in [1.807, 2.05) is 0 Å². The standard InChI is InChI=1S/C12H26N2/c1-4-12-8-6-10-14(12)9-5-7-11(2)13-3/h11-13H,4-10H2,1-3H3. The number of hydrogen-bond donors (Lipinski definition) is 1. The van der Waals surface area contributed by atoms with E-state index in [-0.39, 0.29) is 0 Å². The van der Waals surface area contributed by atoms with Crippen LogP contribution in [0.3, 0.4) is 0 Å². The molecule has 0 aromatic carbocycles. The summed E-state index contributed by atoms with van der Waals surface area (Å²) in [6, 6.07) is 1.57. The maximum Gasteiger partial charge on any atom is 0.00931 e. The first-order valence-corrected chi connectivity index (χ1v) is 6.19. The molecule has 2 nitrogen and oxygen atoms in total. The summed E-state index contributed by atoms with van der Waals surface area (Å²) in [5.41, 5.74) is 0. The quantitative estimate of drug-likeness (QED) is 0.704. The second kappa shape index (κ2) is 6.41. The predicted octanol–water partition coefficient (Wildman–Crippen LogP) is 2.25. The maximum absolute atomic E-state index is 3.30. The molecule has 0 bridgehead atoms. The SMILES string of the molecule is CCC1CCCN1CCCC(C)NC. The monoisotopic (exact) mass is 198 g/mol. The van der Waals surface area contributed by atoms with Crippen LogP contribution < -0.4 is 5.32 Å². The lowest BCUT2D eigenvalue weighted by Gasteiger charge is -2.23. The molecule has 0 radical (unpaired) electrons. The molecule has 1 heterocycles. The average Bonchev–Trinajstić information content (AvgIpc) is 2.65. The topological polar surface area (TPSA) is 15.3 Å². The molecule has 1 aliphatic heterocycles. The van der Waals surface area contributed by atoms with Gasteiger partial charge in [0.05, 0.1) is 0 Å². The summed E-state index contributed by atoms with van der Waals surface area (Å²) in [5, 5.41) is 3.30. The van der Waals surface area contributed by atoms with Gasteiger partial charge in [0.1, 0.15) is 0 Å². The van der Waals surface area contributed by atoms with Gasteiger partial charge in [-0.25, -0.2) is 0 Å². The third kappa shape index (κ3) is 3.58. The van der Waals surface area contributed by atoms with Crippen LogP contribution in [0, 0.1) is 0 Å². The Kier molecular flexibility index (Phi) is 5.49. The highest BCUT2D eigenvalue weighted by molar-refractivity contribution is 4.77. The van der Waals surface area contributed by atoms with Crippen molar-refractivity contribution < 1.29 is 0 Å². The molecule has 2 heteroatoms. The molecule has 1 saturated heterocycles. The van der Waals surface area contributed by atoms with Crippen LogP contribution in [0.25, 0.3) is 0 Å². The van der Waals surface area contributed by atoms with E-state index < -0.39 is 0 Å². The second-order valence-electron chi connectivity index (χ2n) is 4.57. The molecule has 14 heavy (non-hydrogen) atoms. The van der Waals surface area contributed by atoms with Crippen LogP contribution >= 0.6 is 0 Å². The molecule has 0 aromatic heterocycles.